The van der Waals surface area contributed by atoms with Gasteiger partial charge in [0, 0.05) is 18.2 Å². The Bertz CT molecular complexity index is 404. The maximum atomic E-state index is 10.6. The van der Waals surface area contributed by atoms with E-state index < -0.39 is 0 Å². The Balaban J connectivity index is 2.59. The molecule has 0 saturated carbocycles. The number of nitrogens with two attached hydrogens (primary N) is 1. The summed E-state index contributed by atoms with van der Waals surface area (Å²) < 4.78 is 0. The molecule has 0 heterocycles. The molecule has 0 spiro atoms. The molecule has 0 fully saturated rings. The maximum absolute atomic E-state index is 10.6. The average Bonchev–Trinajstić information content (AvgIpc) is 2.24. The minimum Gasteiger partial charge on any atom is -0.345 e. The summed E-state index contributed by atoms with van der Waals surface area (Å²) >= 11 is 0. The summed E-state index contributed by atoms with van der Waals surface area (Å²) in [6, 6.07) is 7.42. The lowest BCUT2D eigenvalue weighted by Crippen LogP contribution is -2.19. The first-order valence-electron chi connectivity index (χ1n) is 4.52. The van der Waals surface area contributed by atoms with E-state index in [9.17, 15) is 4.79 Å². The minimum atomic E-state index is -0.0818. The van der Waals surface area contributed by atoms with Crippen molar-refractivity contribution < 1.29 is 4.79 Å². The molecule has 0 radical (unpaired) electrons. The molecule has 0 aromatic heterocycles. The fourth-order valence-corrected chi connectivity index (χ4v) is 1.00. The van der Waals surface area contributed by atoms with Crippen molar-refractivity contribution >= 4 is 11.6 Å². The molecule has 78 valence electrons. The van der Waals surface area contributed by atoms with Crippen molar-refractivity contribution in [1.82, 2.24) is 5.32 Å². The first kappa shape index (κ1) is 11.1. The van der Waals surface area contributed by atoms with Gasteiger partial charge < -0.3 is 10.7 Å². The second kappa shape index (κ2) is 5.68. The zero-order valence-corrected chi connectivity index (χ0v) is 8.50. The third kappa shape index (κ3) is 4.16. The van der Waals surface area contributed by atoms with Gasteiger partial charge in [0.25, 0.3) is 0 Å². The molecule has 0 unspecified atom stereocenters. The van der Waals surface area contributed by atoms with Crippen molar-refractivity contribution in [3.63, 3.8) is 0 Å². The van der Waals surface area contributed by atoms with Crippen LogP contribution in [0.2, 0.25) is 0 Å². The van der Waals surface area contributed by atoms with Crippen LogP contribution in [-0.2, 0) is 4.79 Å². The fourth-order valence-electron chi connectivity index (χ4n) is 1.00. The van der Waals surface area contributed by atoms with E-state index in [2.05, 4.69) is 22.6 Å². The highest BCUT2D eigenvalue weighted by Crippen LogP contribution is 2.07. The third-order valence-corrected chi connectivity index (χ3v) is 1.69. The highest BCUT2D eigenvalue weighted by molar-refractivity contribution is 5.73. The minimum absolute atomic E-state index is 0.0818. The number of hydrazine groups is 1. The van der Waals surface area contributed by atoms with E-state index in [4.69, 9.17) is 5.84 Å². The maximum Gasteiger partial charge on any atom is 0.217 e. The van der Waals surface area contributed by atoms with Gasteiger partial charge in [-0.05, 0) is 18.2 Å². The van der Waals surface area contributed by atoms with Gasteiger partial charge in [-0.3, -0.25) is 10.6 Å². The van der Waals surface area contributed by atoms with Crippen LogP contribution < -0.4 is 16.6 Å². The molecule has 1 aromatic rings. The molecular weight excluding hydrogens is 190 g/mol. The van der Waals surface area contributed by atoms with Gasteiger partial charge in [-0.25, -0.2) is 0 Å². The van der Waals surface area contributed by atoms with Crippen molar-refractivity contribution in [2.75, 3.05) is 12.0 Å². The van der Waals surface area contributed by atoms with Crippen LogP contribution in [0, 0.1) is 11.8 Å². The Kier molecular flexibility index (Phi) is 4.20. The molecular formula is C11H13N3O. The van der Waals surface area contributed by atoms with Gasteiger partial charge in [-0.2, -0.15) is 0 Å². The predicted molar refractivity (Wildman–Crippen MR) is 59.8 cm³/mol. The Labute approximate surface area is 88.8 Å². The zero-order chi connectivity index (χ0) is 11.1. The first-order chi connectivity index (χ1) is 7.22. The molecule has 0 aliphatic heterocycles. The SMILES string of the molecule is CC(=O)NCC#Cc1cccc(NN)c1. The molecule has 1 aromatic carbocycles. The Morgan fingerprint density at radius 3 is 3.00 bits per heavy atom. The first-order valence-corrected chi connectivity index (χ1v) is 4.52. The third-order valence-electron chi connectivity index (χ3n) is 1.69. The van der Waals surface area contributed by atoms with E-state index in [1.165, 1.54) is 6.92 Å². The molecule has 1 rings (SSSR count). The lowest BCUT2D eigenvalue weighted by Gasteiger charge is -1.98. The summed E-state index contributed by atoms with van der Waals surface area (Å²) in [7, 11) is 0. The van der Waals surface area contributed by atoms with Gasteiger partial charge in [-0.1, -0.05) is 17.9 Å². The van der Waals surface area contributed by atoms with E-state index >= 15 is 0 Å². The van der Waals surface area contributed by atoms with Crippen LogP contribution in [0.25, 0.3) is 0 Å². The van der Waals surface area contributed by atoms with Crippen LogP contribution in [0.5, 0.6) is 0 Å². The van der Waals surface area contributed by atoms with Gasteiger partial charge in [0.1, 0.15) is 0 Å². The van der Waals surface area contributed by atoms with E-state index in [1.54, 1.807) is 0 Å². The largest absolute Gasteiger partial charge is 0.345 e. The van der Waals surface area contributed by atoms with Crippen molar-refractivity contribution in [3.05, 3.63) is 29.8 Å². The van der Waals surface area contributed by atoms with Crippen molar-refractivity contribution in [2.45, 2.75) is 6.92 Å². The second-order valence-corrected chi connectivity index (χ2v) is 2.94. The summed E-state index contributed by atoms with van der Waals surface area (Å²) in [6.07, 6.45) is 0. The molecule has 15 heavy (non-hydrogen) atoms. The van der Waals surface area contributed by atoms with Crippen LogP contribution in [-0.4, -0.2) is 12.5 Å². The number of hydrogen-bond donors (Lipinski definition) is 3. The van der Waals surface area contributed by atoms with E-state index in [0.29, 0.717) is 6.54 Å². The average molecular weight is 203 g/mol. The molecule has 0 aliphatic rings. The number of anilines is 1. The zero-order valence-electron chi connectivity index (χ0n) is 8.50. The number of rotatable bonds is 2. The van der Waals surface area contributed by atoms with Gasteiger partial charge in [0.05, 0.1) is 6.54 Å². The summed E-state index contributed by atoms with van der Waals surface area (Å²) in [5, 5.41) is 2.59. The predicted octanol–water partition coefficient (Wildman–Crippen LogP) is 0.460. The molecule has 0 atom stereocenters. The molecule has 4 nitrogen and oxygen atoms in total. The summed E-state index contributed by atoms with van der Waals surface area (Å²) in [4.78, 5) is 10.6. The van der Waals surface area contributed by atoms with E-state index in [1.807, 2.05) is 24.3 Å². The lowest BCUT2D eigenvalue weighted by atomic mass is 10.2. The molecule has 1 amide bonds. The summed E-state index contributed by atoms with van der Waals surface area (Å²) in [6.45, 7) is 1.82. The monoisotopic (exact) mass is 203 g/mol. The number of benzene rings is 1. The fraction of sp³-hybridized carbons (Fsp3) is 0.182. The smallest absolute Gasteiger partial charge is 0.217 e. The van der Waals surface area contributed by atoms with E-state index in [-0.39, 0.29) is 5.91 Å². The number of amides is 1. The van der Waals surface area contributed by atoms with Crippen LogP contribution in [0.4, 0.5) is 5.69 Å². The number of hydrogen-bond acceptors (Lipinski definition) is 3. The Morgan fingerprint density at radius 1 is 1.53 bits per heavy atom. The standard InChI is InChI=1S/C11H13N3O/c1-9(15)13-7-3-5-10-4-2-6-11(8-10)14-12/h2,4,6,8,14H,7,12H2,1H3,(H,13,15). The quantitative estimate of drug-likeness (QED) is 0.371. The van der Waals surface area contributed by atoms with Crippen molar-refractivity contribution in [3.8, 4) is 11.8 Å². The molecule has 0 aliphatic carbocycles. The normalized spacial score (nSPS) is 8.67. The van der Waals surface area contributed by atoms with Crippen molar-refractivity contribution in [1.29, 1.82) is 0 Å². The number of carbonyl (C=O) groups is 1. The van der Waals surface area contributed by atoms with Crippen LogP contribution in [0.3, 0.4) is 0 Å². The van der Waals surface area contributed by atoms with Gasteiger partial charge in [-0.15, -0.1) is 0 Å². The highest BCUT2D eigenvalue weighted by Gasteiger charge is 1.89. The van der Waals surface area contributed by atoms with Gasteiger partial charge in [0.15, 0.2) is 0 Å². The summed E-state index contributed by atoms with van der Waals surface area (Å²) in [5.41, 5.74) is 4.20. The Hall–Kier alpha value is -1.99. The van der Waals surface area contributed by atoms with Gasteiger partial charge in [0.2, 0.25) is 5.91 Å². The number of nitrogen functional groups attached to an aromatic ring is 1. The van der Waals surface area contributed by atoms with Crippen LogP contribution in [0.1, 0.15) is 12.5 Å². The number of carbonyl (C=O) groups excluding carboxylic acids is 1. The number of nitrogens with one attached hydrogen (secondary N) is 2. The van der Waals surface area contributed by atoms with Crippen LogP contribution >= 0.6 is 0 Å². The highest BCUT2D eigenvalue weighted by atomic mass is 16.1. The van der Waals surface area contributed by atoms with Gasteiger partial charge >= 0.3 is 0 Å². The second-order valence-electron chi connectivity index (χ2n) is 2.94. The topological polar surface area (TPSA) is 67.2 Å². The molecule has 4 N–H and O–H groups in total. The van der Waals surface area contributed by atoms with E-state index in [0.717, 1.165) is 11.3 Å². The summed E-state index contributed by atoms with van der Waals surface area (Å²) in [5.74, 6) is 10.9. The molecule has 4 heteroatoms. The lowest BCUT2D eigenvalue weighted by molar-refractivity contribution is -0.118. The molecule has 0 saturated heterocycles. The van der Waals surface area contributed by atoms with Crippen LogP contribution in [0.15, 0.2) is 24.3 Å². The Morgan fingerprint density at radius 2 is 2.33 bits per heavy atom. The van der Waals surface area contributed by atoms with Crippen molar-refractivity contribution in [2.24, 2.45) is 5.84 Å². The molecule has 0 bridgehead atoms.